The summed E-state index contributed by atoms with van der Waals surface area (Å²) in [4.78, 5) is 12.9. The van der Waals surface area contributed by atoms with E-state index in [1.165, 1.54) is 16.1 Å². The van der Waals surface area contributed by atoms with Gasteiger partial charge in [-0.05, 0) is 54.8 Å². The maximum atomic E-state index is 13.2. The number of ether oxygens (including phenoxy) is 2. The summed E-state index contributed by atoms with van der Waals surface area (Å²) in [6.45, 7) is 1.61. The summed E-state index contributed by atoms with van der Waals surface area (Å²) in [5.74, 6) is 1.82. The van der Waals surface area contributed by atoms with Crippen molar-refractivity contribution in [1.82, 2.24) is 24.4 Å². The molecule has 0 radical (unpaired) electrons. The minimum atomic E-state index is -3.59. The van der Waals surface area contributed by atoms with Gasteiger partial charge in [0, 0.05) is 30.9 Å². The topological polar surface area (TPSA) is 116 Å². The molecule has 2 aliphatic rings. The summed E-state index contributed by atoms with van der Waals surface area (Å²) in [7, 11) is -3.59. The lowest BCUT2D eigenvalue weighted by atomic mass is 10.2. The van der Waals surface area contributed by atoms with Crippen molar-refractivity contribution < 1.29 is 22.7 Å². The standard InChI is InChI=1S/C28H27N5O5S2/c34-26(29-17-20-11-12-24-25(15-20)38-19-37-24)18-39-28-31-30-27(33(28)22-8-2-1-3-9-22)21-7-6-10-23(16-21)40(35,36)32-13-4-5-14-32/h1-3,6-12,15-16H,4-5,13-14,17-19H2,(H,29,34). The predicted octanol–water partition coefficient (Wildman–Crippen LogP) is 3.86. The molecule has 206 valence electrons. The highest BCUT2D eigenvalue weighted by Crippen LogP contribution is 2.33. The Kier molecular flexibility index (Phi) is 7.46. The number of carbonyl (C=O) groups is 1. The van der Waals surface area contributed by atoms with Crippen LogP contribution in [0, 0.1) is 0 Å². The van der Waals surface area contributed by atoms with Crippen molar-refractivity contribution in [2.45, 2.75) is 29.4 Å². The summed E-state index contributed by atoms with van der Waals surface area (Å²) >= 11 is 1.26. The molecule has 0 spiro atoms. The van der Waals surface area contributed by atoms with Crippen molar-refractivity contribution >= 4 is 27.7 Å². The molecular formula is C28H27N5O5S2. The van der Waals surface area contributed by atoms with E-state index >= 15 is 0 Å². The SMILES string of the molecule is O=C(CSc1nnc(-c2cccc(S(=O)(=O)N3CCCC3)c2)n1-c1ccccc1)NCc1ccc2c(c1)OCO2. The van der Waals surface area contributed by atoms with Gasteiger partial charge in [0.25, 0.3) is 0 Å². The third-order valence-electron chi connectivity index (χ3n) is 6.70. The number of benzene rings is 3. The summed E-state index contributed by atoms with van der Waals surface area (Å²) in [6.07, 6.45) is 1.73. The molecule has 40 heavy (non-hydrogen) atoms. The van der Waals surface area contributed by atoms with Gasteiger partial charge in [-0.1, -0.05) is 48.2 Å². The Morgan fingerprint density at radius 3 is 2.55 bits per heavy atom. The Hall–Kier alpha value is -3.87. The maximum absolute atomic E-state index is 13.2. The van der Waals surface area contributed by atoms with E-state index in [4.69, 9.17) is 9.47 Å². The van der Waals surface area contributed by atoms with Crippen molar-refractivity contribution in [1.29, 1.82) is 0 Å². The van der Waals surface area contributed by atoms with Crippen LogP contribution in [0.25, 0.3) is 17.1 Å². The molecular weight excluding hydrogens is 550 g/mol. The summed E-state index contributed by atoms with van der Waals surface area (Å²) in [5.41, 5.74) is 2.33. The van der Waals surface area contributed by atoms with Crippen LogP contribution in [-0.2, 0) is 21.4 Å². The molecule has 0 unspecified atom stereocenters. The van der Waals surface area contributed by atoms with Crippen LogP contribution in [0.2, 0.25) is 0 Å². The lowest BCUT2D eigenvalue weighted by molar-refractivity contribution is -0.118. The zero-order chi connectivity index (χ0) is 27.5. The van der Waals surface area contributed by atoms with Gasteiger partial charge in [-0.15, -0.1) is 10.2 Å². The molecule has 2 aliphatic heterocycles. The molecule has 6 rings (SSSR count). The van der Waals surface area contributed by atoms with Gasteiger partial charge in [-0.25, -0.2) is 8.42 Å². The minimum absolute atomic E-state index is 0.124. The number of nitrogens with one attached hydrogen (secondary N) is 1. The van der Waals surface area contributed by atoms with Crippen molar-refractivity contribution in [2.24, 2.45) is 0 Å². The molecule has 1 aromatic heterocycles. The summed E-state index contributed by atoms with van der Waals surface area (Å²) in [6, 6.07) is 21.9. The van der Waals surface area contributed by atoms with Crippen LogP contribution >= 0.6 is 11.8 Å². The van der Waals surface area contributed by atoms with Crippen LogP contribution < -0.4 is 14.8 Å². The number of hydrogen-bond donors (Lipinski definition) is 1. The number of fused-ring (bicyclic) bond motifs is 1. The second-order valence-electron chi connectivity index (χ2n) is 9.37. The quantitative estimate of drug-likeness (QED) is 0.298. The molecule has 4 aromatic rings. The monoisotopic (exact) mass is 577 g/mol. The van der Waals surface area contributed by atoms with Crippen LogP contribution in [0.15, 0.2) is 82.8 Å². The van der Waals surface area contributed by atoms with E-state index in [1.54, 1.807) is 18.2 Å². The van der Waals surface area contributed by atoms with Gasteiger partial charge >= 0.3 is 0 Å². The first kappa shape index (κ1) is 26.4. The Balaban J connectivity index is 1.21. The fourth-order valence-electron chi connectivity index (χ4n) is 4.67. The van der Waals surface area contributed by atoms with E-state index in [0.29, 0.717) is 47.7 Å². The number of para-hydroxylation sites is 1. The van der Waals surface area contributed by atoms with Gasteiger partial charge < -0.3 is 14.8 Å². The molecule has 3 aromatic carbocycles. The molecule has 1 fully saturated rings. The van der Waals surface area contributed by atoms with Crippen LogP contribution in [-0.4, -0.2) is 59.0 Å². The molecule has 1 amide bonds. The number of thioether (sulfide) groups is 1. The van der Waals surface area contributed by atoms with Crippen LogP contribution in [0.1, 0.15) is 18.4 Å². The highest BCUT2D eigenvalue weighted by atomic mass is 32.2. The van der Waals surface area contributed by atoms with E-state index in [2.05, 4.69) is 15.5 Å². The first-order valence-electron chi connectivity index (χ1n) is 12.9. The van der Waals surface area contributed by atoms with Gasteiger partial charge in [-0.3, -0.25) is 9.36 Å². The first-order valence-corrected chi connectivity index (χ1v) is 15.3. The number of rotatable bonds is 9. The molecule has 0 atom stereocenters. The highest BCUT2D eigenvalue weighted by Gasteiger charge is 2.28. The average molecular weight is 578 g/mol. The second kappa shape index (κ2) is 11.3. The molecule has 12 heteroatoms. The maximum Gasteiger partial charge on any atom is 0.243 e. The fourth-order valence-corrected chi connectivity index (χ4v) is 7.01. The molecule has 1 N–H and O–H groups in total. The second-order valence-corrected chi connectivity index (χ2v) is 12.2. The van der Waals surface area contributed by atoms with Gasteiger partial charge in [-0.2, -0.15) is 4.31 Å². The van der Waals surface area contributed by atoms with Gasteiger partial charge in [0.05, 0.1) is 10.6 Å². The largest absolute Gasteiger partial charge is 0.454 e. The Bertz CT molecular complexity index is 1640. The normalized spacial score (nSPS) is 14.9. The zero-order valence-electron chi connectivity index (χ0n) is 21.5. The average Bonchev–Trinajstić information content (AvgIpc) is 3.76. The van der Waals surface area contributed by atoms with E-state index in [9.17, 15) is 13.2 Å². The number of hydrogen-bond acceptors (Lipinski definition) is 8. The van der Waals surface area contributed by atoms with Crippen molar-refractivity contribution in [2.75, 3.05) is 25.6 Å². The first-order chi connectivity index (χ1) is 19.5. The number of aromatic nitrogens is 3. The molecule has 0 aliphatic carbocycles. The number of nitrogens with zero attached hydrogens (tertiary/aromatic N) is 4. The van der Waals surface area contributed by atoms with E-state index in [-0.39, 0.29) is 23.3 Å². The lowest BCUT2D eigenvalue weighted by Crippen LogP contribution is -2.27. The third-order valence-corrected chi connectivity index (χ3v) is 9.53. The Morgan fingerprint density at radius 1 is 0.925 bits per heavy atom. The fraction of sp³-hybridized carbons (Fsp3) is 0.250. The van der Waals surface area contributed by atoms with Gasteiger partial charge in [0.15, 0.2) is 22.5 Å². The number of sulfonamides is 1. The predicted molar refractivity (Wildman–Crippen MR) is 150 cm³/mol. The van der Waals surface area contributed by atoms with Crippen molar-refractivity contribution in [3.63, 3.8) is 0 Å². The van der Waals surface area contributed by atoms with Crippen molar-refractivity contribution in [3.8, 4) is 28.6 Å². The third kappa shape index (κ3) is 5.42. The number of amides is 1. The minimum Gasteiger partial charge on any atom is -0.454 e. The smallest absolute Gasteiger partial charge is 0.243 e. The summed E-state index contributed by atoms with van der Waals surface area (Å²) < 4.78 is 40.5. The molecule has 1 saturated heterocycles. The van der Waals surface area contributed by atoms with E-state index in [1.807, 2.05) is 59.2 Å². The molecule has 0 saturated carbocycles. The zero-order valence-corrected chi connectivity index (χ0v) is 23.2. The Morgan fingerprint density at radius 2 is 1.73 bits per heavy atom. The molecule has 10 nitrogen and oxygen atoms in total. The van der Waals surface area contributed by atoms with E-state index in [0.717, 1.165) is 24.1 Å². The van der Waals surface area contributed by atoms with Crippen LogP contribution in [0.3, 0.4) is 0 Å². The molecule has 3 heterocycles. The molecule has 0 bridgehead atoms. The van der Waals surface area contributed by atoms with E-state index < -0.39 is 10.0 Å². The highest BCUT2D eigenvalue weighted by molar-refractivity contribution is 7.99. The van der Waals surface area contributed by atoms with Crippen LogP contribution in [0.5, 0.6) is 11.5 Å². The van der Waals surface area contributed by atoms with Gasteiger partial charge in [0.2, 0.25) is 22.7 Å². The Labute approximate surface area is 236 Å². The van der Waals surface area contributed by atoms with Crippen LogP contribution in [0.4, 0.5) is 0 Å². The van der Waals surface area contributed by atoms with Gasteiger partial charge in [0.1, 0.15) is 0 Å². The number of carbonyl (C=O) groups excluding carboxylic acids is 1. The summed E-state index contributed by atoms with van der Waals surface area (Å²) in [5, 5.41) is 12.2. The lowest BCUT2D eigenvalue weighted by Gasteiger charge is -2.16. The van der Waals surface area contributed by atoms with Crippen molar-refractivity contribution in [3.05, 3.63) is 78.4 Å².